The van der Waals surface area contributed by atoms with Crippen molar-refractivity contribution >= 4 is 44.8 Å². The van der Waals surface area contributed by atoms with Gasteiger partial charge in [0, 0.05) is 30.2 Å². The monoisotopic (exact) mass is 487 g/mol. The molecule has 1 amide bonds. The molecule has 1 aliphatic heterocycles. The second-order valence-corrected chi connectivity index (χ2v) is 10.3. The van der Waals surface area contributed by atoms with Crippen LogP contribution in [0.25, 0.3) is 0 Å². The second-order valence-electron chi connectivity index (χ2n) is 7.53. The smallest absolute Gasteiger partial charge is 0.243 e. The standard InChI is InChI=1S/C21H24Cl2FN3O3S/c1-26(13-16-17(22)6-5-7-19(16)24)14-21(28)25-20-12-15(8-9-18(20)23)31(29,30)27-10-3-2-4-11-27/h5-9,12H,2-4,10-11,13-14H2,1H3,(H,25,28). The molecule has 6 nitrogen and oxygen atoms in total. The third-order valence-corrected chi connectivity index (χ3v) is 7.65. The fourth-order valence-corrected chi connectivity index (χ4v) is 5.39. The molecule has 3 rings (SSSR count). The van der Waals surface area contributed by atoms with Crippen molar-refractivity contribution in [3.05, 3.63) is 57.8 Å². The fourth-order valence-electron chi connectivity index (χ4n) is 3.46. The molecule has 0 radical (unpaired) electrons. The van der Waals surface area contributed by atoms with E-state index in [1.54, 1.807) is 18.0 Å². The highest BCUT2D eigenvalue weighted by molar-refractivity contribution is 7.89. The molecule has 0 unspecified atom stereocenters. The predicted octanol–water partition coefficient (Wildman–Crippen LogP) is 4.38. The maximum atomic E-state index is 14.0. The number of hydrogen-bond acceptors (Lipinski definition) is 4. The molecule has 0 bridgehead atoms. The molecule has 1 heterocycles. The summed E-state index contributed by atoms with van der Waals surface area (Å²) in [5, 5.41) is 3.16. The summed E-state index contributed by atoms with van der Waals surface area (Å²) < 4.78 is 41.2. The third-order valence-electron chi connectivity index (χ3n) is 5.07. The van der Waals surface area contributed by atoms with E-state index in [1.165, 1.54) is 34.6 Å². The van der Waals surface area contributed by atoms with Gasteiger partial charge in [-0.25, -0.2) is 12.8 Å². The third kappa shape index (κ3) is 5.96. The molecule has 31 heavy (non-hydrogen) atoms. The van der Waals surface area contributed by atoms with Gasteiger partial charge in [0.25, 0.3) is 0 Å². The Bertz CT molecular complexity index is 1040. The molecule has 2 aromatic rings. The number of halogens is 3. The first kappa shape index (κ1) is 23.9. The molecule has 1 fully saturated rings. The first-order valence-electron chi connectivity index (χ1n) is 9.89. The summed E-state index contributed by atoms with van der Waals surface area (Å²) in [7, 11) is -2.00. The largest absolute Gasteiger partial charge is 0.324 e. The normalized spacial score (nSPS) is 15.3. The Morgan fingerprint density at radius 3 is 2.52 bits per heavy atom. The number of carbonyl (C=O) groups is 1. The zero-order valence-corrected chi connectivity index (χ0v) is 19.4. The van der Waals surface area contributed by atoms with E-state index in [0.29, 0.717) is 18.7 Å². The Morgan fingerprint density at radius 2 is 1.84 bits per heavy atom. The number of piperidine rings is 1. The van der Waals surface area contributed by atoms with Crippen LogP contribution in [0.4, 0.5) is 10.1 Å². The number of nitrogens with zero attached hydrogens (tertiary/aromatic N) is 2. The van der Waals surface area contributed by atoms with E-state index >= 15 is 0 Å². The lowest BCUT2D eigenvalue weighted by atomic mass is 10.2. The predicted molar refractivity (Wildman–Crippen MR) is 120 cm³/mol. The highest BCUT2D eigenvalue weighted by Crippen LogP contribution is 2.28. The Morgan fingerprint density at radius 1 is 1.13 bits per heavy atom. The van der Waals surface area contributed by atoms with Gasteiger partial charge in [-0.2, -0.15) is 4.31 Å². The zero-order valence-electron chi connectivity index (χ0n) is 17.1. The molecule has 1 saturated heterocycles. The van der Waals surface area contributed by atoms with E-state index in [2.05, 4.69) is 5.32 Å². The Hall–Kier alpha value is -1.71. The molecule has 1 aliphatic rings. The molecule has 0 spiro atoms. The number of benzene rings is 2. The van der Waals surface area contributed by atoms with Crippen LogP contribution >= 0.6 is 23.2 Å². The molecular weight excluding hydrogens is 464 g/mol. The van der Waals surface area contributed by atoms with E-state index < -0.39 is 21.7 Å². The van der Waals surface area contributed by atoms with Gasteiger partial charge in [0.1, 0.15) is 5.82 Å². The van der Waals surface area contributed by atoms with Gasteiger partial charge in [-0.15, -0.1) is 0 Å². The molecule has 0 atom stereocenters. The average Bonchev–Trinajstić information content (AvgIpc) is 2.73. The van der Waals surface area contributed by atoms with Gasteiger partial charge in [-0.1, -0.05) is 35.7 Å². The summed E-state index contributed by atoms with van der Waals surface area (Å²) in [5.74, 6) is -0.859. The van der Waals surface area contributed by atoms with Crippen LogP contribution in [0, 0.1) is 5.82 Å². The average molecular weight is 488 g/mol. The molecule has 168 valence electrons. The van der Waals surface area contributed by atoms with Gasteiger partial charge in [0.15, 0.2) is 0 Å². The molecular formula is C21H24Cl2FN3O3S. The maximum absolute atomic E-state index is 14.0. The van der Waals surface area contributed by atoms with Crippen LogP contribution in [0.15, 0.2) is 41.3 Å². The van der Waals surface area contributed by atoms with Crippen LogP contribution in [-0.4, -0.2) is 50.2 Å². The van der Waals surface area contributed by atoms with Crippen molar-refractivity contribution < 1.29 is 17.6 Å². The molecule has 10 heteroatoms. The van der Waals surface area contributed by atoms with Gasteiger partial charge in [-0.05, 0) is 50.2 Å². The maximum Gasteiger partial charge on any atom is 0.243 e. The second kappa shape index (κ2) is 10.3. The van der Waals surface area contributed by atoms with Crippen molar-refractivity contribution in [2.75, 3.05) is 32.0 Å². The van der Waals surface area contributed by atoms with Gasteiger partial charge in [0.2, 0.25) is 15.9 Å². The lowest BCUT2D eigenvalue weighted by molar-refractivity contribution is -0.117. The van der Waals surface area contributed by atoms with Gasteiger partial charge in [-0.3, -0.25) is 9.69 Å². The fraction of sp³-hybridized carbons (Fsp3) is 0.381. The molecule has 1 N–H and O–H groups in total. The van der Waals surface area contributed by atoms with Crippen molar-refractivity contribution in [2.45, 2.75) is 30.7 Å². The molecule has 0 saturated carbocycles. The first-order valence-corrected chi connectivity index (χ1v) is 12.1. The summed E-state index contributed by atoms with van der Waals surface area (Å²) in [4.78, 5) is 14.2. The first-order chi connectivity index (χ1) is 14.7. The van der Waals surface area contributed by atoms with E-state index in [9.17, 15) is 17.6 Å². The van der Waals surface area contributed by atoms with Crippen LogP contribution in [0.5, 0.6) is 0 Å². The summed E-state index contributed by atoms with van der Waals surface area (Å²) in [6.07, 6.45) is 2.67. The quantitative estimate of drug-likeness (QED) is 0.628. The van der Waals surface area contributed by atoms with E-state index in [4.69, 9.17) is 23.2 Å². The van der Waals surface area contributed by atoms with Crippen molar-refractivity contribution in [1.29, 1.82) is 0 Å². The number of nitrogens with one attached hydrogen (secondary N) is 1. The van der Waals surface area contributed by atoms with Crippen LogP contribution < -0.4 is 5.32 Å². The Balaban J connectivity index is 1.69. The molecule has 0 aromatic heterocycles. The van der Waals surface area contributed by atoms with Gasteiger partial charge < -0.3 is 5.32 Å². The summed E-state index contributed by atoms with van der Waals surface area (Å²) in [6, 6.07) is 8.68. The van der Waals surface area contributed by atoms with Gasteiger partial charge >= 0.3 is 0 Å². The number of hydrogen-bond donors (Lipinski definition) is 1. The van der Waals surface area contributed by atoms with E-state index in [0.717, 1.165) is 19.3 Å². The van der Waals surface area contributed by atoms with Crippen molar-refractivity contribution in [1.82, 2.24) is 9.21 Å². The highest BCUT2D eigenvalue weighted by Gasteiger charge is 2.26. The van der Waals surface area contributed by atoms with Crippen LogP contribution in [-0.2, 0) is 21.4 Å². The number of sulfonamides is 1. The van der Waals surface area contributed by atoms with Crippen molar-refractivity contribution in [2.24, 2.45) is 0 Å². The summed E-state index contributed by atoms with van der Waals surface area (Å²) in [6.45, 7) is 1.03. The highest BCUT2D eigenvalue weighted by atomic mass is 35.5. The van der Waals surface area contributed by atoms with Crippen LogP contribution in [0.1, 0.15) is 24.8 Å². The topological polar surface area (TPSA) is 69.7 Å². The summed E-state index contributed by atoms with van der Waals surface area (Å²) >= 11 is 12.2. The van der Waals surface area contributed by atoms with E-state index in [1.807, 2.05) is 0 Å². The van der Waals surface area contributed by atoms with E-state index in [-0.39, 0.29) is 33.7 Å². The number of amides is 1. The molecule has 0 aliphatic carbocycles. The minimum Gasteiger partial charge on any atom is -0.324 e. The Labute approximate surface area is 192 Å². The number of rotatable bonds is 7. The minimum absolute atomic E-state index is 0.0654. The number of carbonyl (C=O) groups excluding carboxylic acids is 1. The zero-order chi connectivity index (χ0) is 22.6. The number of likely N-dealkylation sites (N-methyl/N-ethyl adjacent to an activating group) is 1. The lowest BCUT2D eigenvalue weighted by Gasteiger charge is -2.26. The van der Waals surface area contributed by atoms with Crippen LogP contribution in [0.3, 0.4) is 0 Å². The van der Waals surface area contributed by atoms with Crippen molar-refractivity contribution in [3.8, 4) is 0 Å². The summed E-state index contributed by atoms with van der Waals surface area (Å²) in [5.41, 5.74) is 0.509. The van der Waals surface area contributed by atoms with Crippen molar-refractivity contribution in [3.63, 3.8) is 0 Å². The number of anilines is 1. The SMILES string of the molecule is CN(CC(=O)Nc1cc(S(=O)(=O)N2CCCCC2)ccc1Cl)Cc1c(F)cccc1Cl. The van der Waals surface area contributed by atoms with Crippen LogP contribution in [0.2, 0.25) is 10.0 Å². The molecule has 2 aromatic carbocycles. The minimum atomic E-state index is -3.65. The Kier molecular flexibility index (Phi) is 7.93. The lowest BCUT2D eigenvalue weighted by Crippen LogP contribution is -2.35. The van der Waals surface area contributed by atoms with Gasteiger partial charge in [0.05, 0.1) is 22.2 Å².